The van der Waals surface area contributed by atoms with Crippen molar-refractivity contribution in [3.63, 3.8) is 0 Å². The van der Waals surface area contributed by atoms with Crippen molar-refractivity contribution in [2.24, 2.45) is 5.92 Å². The zero-order valence-electron chi connectivity index (χ0n) is 15.0. The van der Waals surface area contributed by atoms with Gasteiger partial charge in [0.1, 0.15) is 11.7 Å². The van der Waals surface area contributed by atoms with E-state index in [1.165, 1.54) is 13.5 Å². The van der Waals surface area contributed by atoms with E-state index in [0.29, 0.717) is 17.4 Å². The van der Waals surface area contributed by atoms with Crippen molar-refractivity contribution in [1.82, 2.24) is 0 Å². The second-order valence-corrected chi connectivity index (χ2v) is 7.32. The molecular formula is C21H22NO4+. The number of carbonyl (C=O) groups is 1. The molecule has 1 aromatic rings. The van der Waals surface area contributed by atoms with Gasteiger partial charge in [-0.1, -0.05) is 30.7 Å². The van der Waals surface area contributed by atoms with Crippen LogP contribution in [0, 0.1) is 5.92 Å². The minimum atomic E-state index is -0.625. The Morgan fingerprint density at radius 3 is 2.62 bits per heavy atom. The Kier molecular flexibility index (Phi) is 3.38. The van der Waals surface area contributed by atoms with Gasteiger partial charge in [-0.25, -0.2) is 4.79 Å². The number of methoxy groups -OCH3 is 2. The molecule has 1 spiro atoms. The van der Waals surface area contributed by atoms with Gasteiger partial charge in [-0.15, -0.1) is 0 Å². The number of nitrogens with zero attached hydrogens (tertiary/aromatic N) is 1. The van der Waals surface area contributed by atoms with Crippen LogP contribution in [0.15, 0.2) is 53.6 Å². The van der Waals surface area contributed by atoms with E-state index < -0.39 is 5.60 Å². The molecule has 26 heavy (non-hydrogen) atoms. The summed E-state index contributed by atoms with van der Waals surface area (Å²) in [4.78, 5) is 12.5. The van der Waals surface area contributed by atoms with Gasteiger partial charge in [0.25, 0.3) is 0 Å². The molecule has 0 aromatic heterocycles. The predicted octanol–water partition coefficient (Wildman–Crippen LogP) is 2.73. The molecular weight excluding hydrogens is 330 g/mol. The molecule has 5 nitrogen and oxygen atoms in total. The van der Waals surface area contributed by atoms with Crippen molar-refractivity contribution >= 4 is 17.6 Å². The summed E-state index contributed by atoms with van der Waals surface area (Å²) in [6.07, 6.45) is 7.33. The highest BCUT2D eigenvalue weighted by Gasteiger charge is 2.70. The lowest BCUT2D eigenvalue weighted by atomic mass is 9.71. The molecule has 0 amide bonds. The molecule has 1 aliphatic carbocycles. The Labute approximate surface area is 152 Å². The minimum absolute atomic E-state index is 0.0898. The average Bonchev–Trinajstić information content (AvgIpc) is 3.27. The molecule has 134 valence electrons. The molecule has 5 heteroatoms. The number of rotatable bonds is 3. The van der Waals surface area contributed by atoms with Crippen LogP contribution in [-0.2, 0) is 19.0 Å². The molecule has 1 fully saturated rings. The van der Waals surface area contributed by atoms with Crippen LogP contribution in [0.25, 0.3) is 0 Å². The van der Waals surface area contributed by atoms with Gasteiger partial charge in [-0.3, -0.25) is 0 Å². The molecule has 0 N–H and O–H groups in total. The largest absolute Gasteiger partial charge is 0.466 e. The standard InChI is InChI=1S/C21H22NO4/c1-24-19-17-16(20(23)25-2)15-11-12-21(17,26-15)18(13-7-6-8-13)22(19)14-9-4-3-5-10-14/h3-5,9-13,15,18H,6-8H2,1-2H3/q+1. The van der Waals surface area contributed by atoms with Gasteiger partial charge in [0, 0.05) is 18.1 Å². The summed E-state index contributed by atoms with van der Waals surface area (Å²) in [7, 11) is 3.08. The molecule has 3 unspecified atom stereocenters. The third-order valence-corrected chi connectivity index (χ3v) is 6.16. The lowest BCUT2D eigenvalue weighted by molar-refractivity contribution is -0.514. The fourth-order valence-corrected chi connectivity index (χ4v) is 4.92. The SMILES string of the molecule is COC(=O)C1=C2C(OC)=[N+](c3ccccc3)C(C3CCC3)C23C=CC1O3. The molecule has 3 atom stereocenters. The lowest BCUT2D eigenvalue weighted by Crippen LogP contribution is -2.48. The number of ether oxygens (including phenoxy) is 3. The molecule has 2 bridgehead atoms. The zero-order valence-corrected chi connectivity index (χ0v) is 15.0. The summed E-state index contributed by atoms with van der Waals surface area (Å²) in [5, 5.41) is 0. The molecule has 1 saturated carbocycles. The van der Waals surface area contributed by atoms with Gasteiger partial charge in [0.05, 0.1) is 19.8 Å². The first-order valence-corrected chi connectivity index (χ1v) is 9.17. The maximum absolute atomic E-state index is 12.5. The Bertz CT molecular complexity index is 865. The van der Waals surface area contributed by atoms with Gasteiger partial charge in [-0.2, -0.15) is 4.58 Å². The Morgan fingerprint density at radius 2 is 2.00 bits per heavy atom. The second kappa shape index (κ2) is 5.55. The third-order valence-electron chi connectivity index (χ3n) is 6.16. The molecule has 0 saturated heterocycles. The summed E-state index contributed by atoms with van der Waals surface area (Å²) >= 11 is 0. The summed E-state index contributed by atoms with van der Waals surface area (Å²) in [6.45, 7) is 0. The van der Waals surface area contributed by atoms with E-state index in [1.807, 2.05) is 24.3 Å². The van der Waals surface area contributed by atoms with E-state index in [2.05, 4.69) is 22.8 Å². The van der Waals surface area contributed by atoms with Crippen LogP contribution in [0.1, 0.15) is 19.3 Å². The quantitative estimate of drug-likeness (QED) is 0.477. The van der Waals surface area contributed by atoms with E-state index in [9.17, 15) is 4.79 Å². The van der Waals surface area contributed by atoms with Crippen LogP contribution in [0.4, 0.5) is 5.69 Å². The van der Waals surface area contributed by atoms with E-state index in [1.54, 1.807) is 7.11 Å². The highest BCUT2D eigenvalue weighted by Crippen LogP contribution is 2.55. The first-order valence-electron chi connectivity index (χ1n) is 9.17. The first kappa shape index (κ1) is 15.8. The van der Waals surface area contributed by atoms with E-state index >= 15 is 0 Å². The van der Waals surface area contributed by atoms with Gasteiger partial charge >= 0.3 is 11.9 Å². The molecule has 4 aliphatic rings. The second-order valence-electron chi connectivity index (χ2n) is 7.32. The topological polar surface area (TPSA) is 47.8 Å². The van der Waals surface area contributed by atoms with Crippen molar-refractivity contribution in [2.75, 3.05) is 14.2 Å². The van der Waals surface area contributed by atoms with Crippen molar-refractivity contribution < 1.29 is 23.6 Å². The van der Waals surface area contributed by atoms with Crippen LogP contribution in [-0.4, -0.2) is 48.4 Å². The van der Waals surface area contributed by atoms with Crippen molar-refractivity contribution in [1.29, 1.82) is 0 Å². The van der Waals surface area contributed by atoms with E-state index in [0.717, 1.165) is 24.1 Å². The van der Waals surface area contributed by atoms with Crippen molar-refractivity contribution in [3.8, 4) is 0 Å². The Morgan fingerprint density at radius 1 is 1.23 bits per heavy atom. The van der Waals surface area contributed by atoms with E-state index in [4.69, 9.17) is 14.2 Å². The van der Waals surface area contributed by atoms with Gasteiger partial charge in [0.15, 0.2) is 5.60 Å². The summed E-state index contributed by atoms with van der Waals surface area (Å²) in [6, 6.07) is 10.3. The number of fused-ring (bicyclic) bond motifs is 1. The number of carbonyl (C=O) groups excluding carboxylic acids is 1. The third kappa shape index (κ3) is 1.84. The molecule has 0 radical (unpaired) electrons. The fraction of sp³-hybridized carbons (Fsp3) is 0.429. The van der Waals surface area contributed by atoms with Crippen LogP contribution < -0.4 is 0 Å². The van der Waals surface area contributed by atoms with E-state index in [-0.39, 0.29) is 18.1 Å². The first-order chi connectivity index (χ1) is 12.7. The fourth-order valence-electron chi connectivity index (χ4n) is 4.92. The highest BCUT2D eigenvalue weighted by molar-refractivity contribution is 6.07. The van der Waals surface area contributed by atoms with Crippen LogP contribution in [0.3, 0.4) is 0 Å². The highest BCUT2D eigenvalue weighted by atomic mass is 16.5. The number of esters is 1. The van der Waals surface area contributed by atoms with Gasteiger partial charge in [-0.05, 0) is 18.9 Å². The van der Waals surface area contributed by atoms with Crippen LogP contribution in [0.2, 0.25) is 0 Å². The van der Waals surface area contributed by atoms with Gasteiger partial charge < -0.3 is 14.2 Å². The molecule has 3 heterocycles. The predicted molar refractivity (Wildman–Crippen MR) is 95.3 cm³/mol. The Hall–Kier alpha value is -2.40. The molecule has 5 rings (SSSR count). The number of benzene rings is 1. The number of para-hydroxylation sites is 1. The average molecular weight is 352 g/mol. The minimum Gasteiger partial charge on any atom is -0.466 e. The maximum Gasteiger partial charge on any atom is 0.375 e. The molecule has 3 aliphatic heterocycles. The molecule has 1 aromatic carbocycles. The maximum atomic E-state index is 12.5. The summed E-state index contributed by atoms with van der Waals surface area (Å²) < 4.78 is 19.6. The van der Waals surface area contributed by atoms with Gasteiger partial charge in [0.2, 0.25) is 11.7 Å². The van der Waals surface area contributed by atoms with Crippen molar-refractivity contribution in [3.05, 3.63) is 53.6 Å². The summed E-state index contributed by atoms with van der Waals surface area (Å²) in [5.41, 5.74) is 1.86. The van der Waals surface area contributed by atoms with Crippen LogP contribution in [0.5, 0.6) is 0 Å². The monoisotopic (exact) mass is 352 g/mol. The smallest absolute Gasteiger partial charge is 0.375 e. The number of hydrogen-bond donors (Lipinski definition) is 0. The normalized spacial score (nSPS) is 32.1. The van der Waals surface area contributed by atoms with Crippen LogP contribution >= 0.6 is 0 Å². The Balaban J connectivity index is 1.78. The number of hydrogen-bond acceptors (Lipinski definition) is 4. The summed E-state index contributed by atoms with van der Waals surface area (Å²) in [5.74, 6) is 0.867. The van der Waals surface area contributed by atoms with Crippen molar-refractivity contribution in [2.45, 2.75) is 37.0 Å². The lowest BCUT2D eigenvalue weighted by Gasteiger charge is -2.35. The zero-order chi connectivity index (χ0) is 17.9.